The molecule has 1 aromatic carbocycles. The molecule has 4 nitrogen and oxygen atoms in total. The van der Waals surface area contributed by atoms with Gasteiger partial charge in [-0.2, -0.15) is 0 Å². The second-order valence-electron chi connectivity index (χ2n) is 3.54. The van der Waals surface area contributed by atoms with Gasteiger partial charge in [-0.25, -0.2) is 4.79 Å². The molecule has 2 rings (SSSR count). The fraction of sp³-hybridized carbons (Fsp3) is 0.0833. The molecule has 0 fully saturated rings. The average Bonchev–Trinajstić information content (AvgIpc) is 2.66. The SMILES string of the molecule is Cc1cc(N)ccc1-c1ccoc1C(=O)O. The Bertz CT molecular complexity index is 543. The molecule has 1 aromatic heterocycles. The van der Waals surface area contributed by atoms with E-state index in [0.717, 1.165) is 11.1 Å². The van der Waals surface area contributed by atoms with Gasteiger partial charge in [0.05, 0.1) is 6.26 Å². The van der Waals surface area contributed by atoms with Gasteiger partial charge in [-0.3, -0.25) is 0 Å². The minimum absolute atomic E-state index is 0.0483. The summed E-state index contributed by atoms with van der Waals surface area (Å²) in [4.78, 5) is 10.9. The summed E-state index contributed by atoms with van der Waals surface area (Å²) in [5, 5.41) is 8.94. The first-order valence-corrected chi connectivity index (χ1v) is 4.77. The number of nitrogens with two attached hydrogens (primary N) is 1. The van der Waals surface area contributed by atoms with Crippen LogP contribution >= 0.6 is 0 Å². The predicted molar refractivity (Wildman–Crippen MR) is 60.3 cm³/mol. The highest BCUT2D eigenvalue weighted by molar-refractivity contribution is 5.93. The summed E-state index contributed by atoms with van der Waals surface area (Å²) in [7, 11) is 0. The molecule has 4 heteroatoms. The Morgan fingerprint density at radius 3 is 2.69 bits per heavy atom. The Kier molecular flexibility index (Phi) is 2.40. The zero-order valence-electron chi connectivity index (χ0n) is 8.73. The first kappa shape index (κ1) is 10.3. The summed E-state index contributed by atoms with van der Waals surface area (Å²) in [5.41, 5.74) is 8.61. The molecule has 82 valence electrons. The van der Waals surface area contributed by atoms with Crippen LogP contribution < -0.4 is 5.73 Å². The minimum atomic E-state index is -1.07. The number of nitrogen functional groups attached to an aromatic ring is 1. The summed E-state index contributed by atoms with van der Waals surface area (Å²) in [5.74, 6) is -1.12. The van der Waals surface area contributed by atoms with Crippen molar-refractivity contribution in [2.75, 3.05) is 5.73 Å². The van der Waals surface area contributed by atoms with Gasteiger partial charge in [-0.15, -0.1) is 0 Å². The highest BCUT2D eigenvalue weighted by Gasteiger charge is 2.16. The van der Waals surface area contributed by atoms with E-state index in [9.17, 15) is 4.79 Å². The Morgan fingerprint density at radius 2 is 2.06 bits per heavy atom. The molecule has 0 saturated carbocycles. The summed E-state index contributed by atoms with van der Waals surface area (Å²) in [6, 6.07) is 6.97. The van der Waals surface area contributed by atoms with Gasteiger partial charge in [0.2, 0.25) is 5.76 Å². The molecule has 0 amide bonds. The van der Waals surface area contributed by atoms with Crippen LogP contribution in [0.2, 0.25) is 0 Å². The van der Waals surface area contributed by atoms with E-state index < -0.39 is 5.97 Å². The highest BCUT2D eigenvalue weighted by atomic mass is 16.4. The second-order valence-corrected chi connectivity index (χ2v) is 3.54. The summed E-state index contributed by atoms with van der Waals surface area (Å²) in [6.07, 6.45) is 1.37. The standard InChI is InChI=1S/C12H11NO3/c1-7-6-8(13)2-3-9(7)10-4-5-16-11(10)12(14)15/h2-6H,13H2,1H3,(H,14,15). The van der Waals surface area contributed by atoms with Crippen molar-refractivity contribution in [3.8, 4) is 11.1 Å². The third-order valence-electron chi connectivity index (χ3n) is 2.40. The summed E-state index contributed by atoms with van der Waals surface area (Å²) in [6.45, 7) is 1.88. The molecule has 0 aliphatic rings. The Hall–Kier alpha value is -2.23. The van der Waals surface area contributed by atoms with Crippen LogP contribution in [0.25, 0.3) is 11.1 Å². The topological polar surface area (TPSA) is 76.5 Å². The van der Waals surface area contributed by atoms with Gasteiger partial charge in [-0.05, 0) is 36.2 Å². The molecule has 1 heterocycles. The zero-order chi connectivity index (χ0) is 11.7. The van der Waals surface area contributed by atoms with Crippen molar-refractivity contribution >= 4 is 11.7 Å². The van der Waals surface area contributed by atoms with Gasteiger partial charge < -0.3 is 15.3 Å². The maximum absolute atomic E-state index is 10.9. The lowest BCUT2D eigenvalue weighted by molar-refractivity contribution is 0.0663. The maximum Gasteiger partial charge on any atom is 0.372 e. The average molecular weight is 217 g/mol. The number of rotatable bonds is 2. The van der Waals surface area contributed by atoms with E-state index >= 15 is 0 Å². The molecule has 3 N–H and O–H groups in total. The van der Waals surface area contributed by atoms with Crippen LogP contribution in [-0.2, 0) is 0 Å². The quantitative estimate of drug-likeness (QED) is 0.758. The molecule has 0 bridgehead atoms. The summed E-state index contributed by atoms with van der Waals surface area (Å²) >= 11 is 0. The molecule has 0 aliphatic heterocycles. The third kappa shape index (κ3) is 1.65. The van der Waals surface area contributed by atoms with Gasteiger partial charge in [-0.1, -0.05) is 6.07 Å². The van der Waals surface area contributed by atoms with Crippen LogP contribution in [0, 0.1) is 6.92 Å². The minimum Gasteiger partial charge on any atom is -0.475 e. The number of hydrogen-bond donors (Lipinski definition) is 2. The van der Waals surface area contributed by atoms with Crippen molar-refractivity contribution in [2.45, 2.75) is 6.92 Å². The molecule has 0 saturated heterocycles. The lowest BCUT2D eigenvalue weighted by Crippen LogP contribution is -1.97. The van der Waals surface area contributed by atoms with Crippen LogP contribution in [0.5, 0.6) is 0 Å². The Labute approximate surface area is 92.3 Å². The van der Waals surface area contributed by atoms with Crippen LogP contribution in [0.3, 0.4) is 0 Å². The van der Waals surface area contributed by atoms with E-state index in [0.29, 0.717) is 11.3 Å². The molecular formula is C12H11NO3. The molecule has 0 aliphatic carbocycles. The Balaban J connectivity index is 2.59. The molecule has 16 heavy (non-hydrogen) atoms. The fourth-order valence-corrected chi connectivity index (χ4v) is 1.68. The number of benzene rings is 1. The van der Waals surface area contributed by atoms with Crippen LogP contribution in [0.1, 0.15) is 16.1 Å². The predicted octanol–water partition coefficient (Wildman–Crippen LogP) is 2.54. The summed E-state index contributed by atoms with van der Waals surface area (Å²) < 4.78 is 4.93. The number of carboxylic acid groups (broad SMARTS) is 1. The molecule has 0 spiro atoms. The zero-order valence-corrected chi connectivity index (χ0v) is 8.73. The third-order valence-corrected chi connectivity index (χ3v) is 2.40. The van der Waals surface area contributed by atoms with Gasteiger partial charge in [0.15, 0.2) is 0 Å². The van der Waals surface area contributed by atoms with Gasteiger partial charge in [0.1, 0.15) is 0 Å². The van der Waals surface area contributed by atoms with E-state index in [2.05, 4.69) is 0 Å². The normalized spacial score (nSPS) is 10.3. The number of anilines is 1. The maximum atomic E-state index is 10.9. The van der Waals surface area contributed by atoms with Crippen LogP contribution in [-0.4, -0.2) is 11.1 Å². The second kappa shape index (κ2) is 3.73. The first-order chi connectivity index (χ1) is 7.59. The van der Waals surface area contributed by atoms with Crippen molar-refractivity contribution in [3.63, 3.8) is 0 Å². The number of carboxylic acids is 1. The van der Waals surface area contributed by atoms with E-state index in [-0.39, 0.29) is 5.76 Å². The van der Waals surface area contributed by atoms with Gasteiger partial charge in [0.25, 0.3) is 0 Å². The van der Waals surface area contributed by atoms with Crippen LogP contribution in [0.4, 0.5) is 5.69 Å². The fourth-order valence-electron chi connectivity index (χ4n) is 1.68. The smallest absolute Gasteiger partial charge is 0.372 e. The number of aromatic carboxylic acids is 1. The Morgan fingerprint density at radius 1 is 1.31 bits per heavy atom. The van der Waals surface area contributed by atoms with E-state index in [4.69, 9.17) is 15.3 Å². The highest BCUT2D eigenvalue weighted by Crippen LogP contribution is 2.29. The van der Waals surface area contributed by atoms with E-state index in [1.54, 1.807) is 24.3 Å². The van der Waals surface area contributed by atoms with Crippen molar-refractivity contribution in [2.24, 2.45) is 0 Å². The van der Waals surface area contributed by atoms with Crippen molar-refractivity contribution < 1.29 is 14.3 Å². The number of furan rings is 1. The molecule has 0 unspecified atom stereocenters. The first-order valence-electron chi connectivity index (χ1n) is 4.77. The molecule has 0 radical (unpaired) electrons. The van der Waals surface area contributed by atoms with Crippen molar-refractivity contribution in [1.29, 1.82) is 0 Å². The number of hydrogen-bond acceptors (Lipinski definition) is 3. The largest absolute Gasteiger partial charge is 0.475 e. The van der Waals surface area contributed by atoms with E-state index in [1.807, 2.05) is 6.92 Å². The lowest BCUT2D eigenvalue weighted by Gasteiger charge is -2.05. The molecular weight excluding hydrogens is 206 g/mol. The molecule has 0 atom stereocenters. The van der Waals surface area contributed by atoms with Gasteiger partial charge in [0, 0.05) is 11.3 Å². The van der Waals surface area contributed by atoms with Crippen molar-refractivity contribution in [1.82, 2.24) is 0 Å². The molecule has 2 aromatic rings. The van der Waals surface area contributed by atoms with Gasteiger partial charge >= 0.3 is 5.97 Å². The van der Waals surface area contributed by atoms with Crippen LogP contribution in [0.15, 0.2) is 34.9 Å². The number of carbonyl (C=O) groups is 1. The monoisotopic (exact) mass is 217 g/mol. The van der Waals surface area contributed by atoms with Crippen molar-refractivity contribution in [3.05, 3.63) is 41.9 Å². The van der Waals surface area contributed by atoms with E-state index in [1.165, 1.54) is 6.26 Å². The number of aryl methyl sites for hydroxylation is 1. The lowest BCUT2D eigenvalue weighted by atomic mass is 10.0.